The number of guanidine groups is 1. The van der Waals surface area contributed by atoms with Crippen LogP contribution in [0.2, 0.25) is 0 Å². The van der Waals surface area contributed by atoms with Crippen molar-refractivity contribution in [1.82, 2.24) is 15.6 Å². The number of hydrogen-bond acceptors (Lipinski definition) is 5. The Morgan fingerprint density at radius 1 is 1.30 bits per heavy atom. The molecule has 0 unspecified atom stereocenters. The minimum Gasteiger partial charge on any atom is -0.382 e. The van der Waals surface area contributed by atoms with Gasteiger partial charge in [0.1, 0.15) is 5.01 Å². The quantitative estimate of drug-likeness (QED) is 0.367. The summed E-state index contributed by atoms with van der Waals surface area (Å²) < 4.78 is 10.4. The van der Waals surface area contributed by atoms with Gasteiger partial charge in [0, 0.05) is 32.2 Å². The van der Waals surface area contributed by atoms with Crippen LogP contribution in [0.1, 0.15) is 43.8 Å². The Balaban J connectivity index is 2.31. The van der Waals surface area contributed by atoms with Gasteiger partial charge in [-0.2, -0.15) is 0 Å². The molecule has 1 heterocycles. The Morgan fingerprint density at radius 3 is 2.78 bits per heavy atom. The molecule has 2 N–H and O–H groups in total. The molecule has 0 saturated carbocycles. The molecule has 1 aromatic heterocycles. The molecule has 23 heavy (non-hydrogen) atoms. The van der Waals surface area contributed by atoms with Gasteiger partial charge < -0.3 is 20.1 Å². The predicted molar refractivity (Wildman–Crippen MR) is 96.3 cm³/mol. The Labute approximate surface area is 143 Å². The van der Waals surface area contributed by atoms with Gasteiger partial charge in [0.2, 0.25) is 0 Å². The smallest absolute Gasteiger partial charge is 0.191 e. The number of nitrogens with zero attached hydrogens (tertiary/aromatic N) is 2. The molecule has 0 saturated heterocycles. The third kappa shape index (κ3) is 8.88. The lowest BCUT2D eigenvalue weighted by molar-refractivity contribution is 0.0698. The monoisotopic (exact) mass is 342 g/mol. The Hall–Kier alpha value is -1.18. The molecular formula is C16H30N4O2S. The normalized spacial score (nSPS) is 12.0. The summed E-state index contributed by atoms with van der Waals surface area (Å²) in [6.45, 7) is 10.7. The second kappa shape index (κ2) is 12.3. The molecule has 0 fully saturated rings. The van der Waals surface area contributed by atoms with Gasteiger partial charge >= 0.3 is 0 Å². The van der Waals surface area contributed by atoms with E-state index in [-0.39, 0.29) is 0 Å². The van der Waals surface area contributed by atoms with E-state index in [1.165, 1.54) is 0 Å². The molecule has 0 aromatic carbocycles. The predicted octanol–water partition coefficient (Wildman–Crippen LogP) is 2.37. The summed E-state index contributed by atoms with van der Waals surface area (Å²) in [7, 11) is 1.68. The van der Waals surface area contributed by atoms with Crippen molar-refractivity contribution in [2.45, 2.75) is 39.7 Å². The first-order valence-corrected chi connectivity index (χ1v) is 9.08. The zero-order chi connectivity index (χ0) is 16.9. The summed E-state index contributed by atoms with van der Waals surface area (Å²) in [5, 5.41) is 9.73. The standard InChI is InChI=1S/C16H30N4O2S/c1-5-17-16(18-7-6-8-22-10-9-21-4)19-11-15-20-14(12-23-15)13(2)3/h12-13H,5-11H2,1-4H3,(H2,17,18,19). The lowest BCUT2D eigenvalue weighted by Crippen LogP contribution is -2.38. The van der Waals surface area contributed by atoms with Crippen molar-refractivity contribution in [2.24, 2.45) is 4.99 Å². The summed E-state index contributed by atoms with van der Waals surface area (Å²) in [5.74, 6) is 1.29. The maximum absolute atomic E-state index is 5.44. The van der Waals surface area contributed by atoms with Gasteiger partial charge in [-0.1, -0.05) is 13.8 Å². The van der Waals surface area contributed by atoms with Crippen LogP contribution in [0.4, 0.5) is 0 Å². The lowest BCUT2D eigenvalue weighted by Gasteiger charge is -2.11. The fourth-order valence-electron chi connectivity index (χ4n) is 1.78. The summed E-state index contributed by atoms with van der Waals surface area (Å²) in [5.41, 5.74) is 1.14. The summed E-state index contributed by atoms with van der Waals surface area (Å²) in [6, 6.07) is 0. The number of thiazole rings is 1. The molecule has 132 valence electrons. The zero-order valence-corrected chi connectivity index (χ0v) is 15.5. The van der Waals surface area contributed by atoms with Gasteiger partial charge in [0.05, 0.1) is 25.5 Å². The molecule has 0 aliphatic carbocycles. The Bertz CT molecular complexity index is 449. The van der Waals surface area contributed by atoms with Crippen LogP contribution in [0.5, 0.6) is 0 Å². The highest BCUT2D eigenvalue weighted by atomic mass is 32.1. The van der Waals surface area contributed by atoms with E-state index in [0.29, 0.717) is 25.7 Å². The van der Waals surface area contributed by atoms with Crippen molar-refractivity contribution in [1.29, 1.82) is 0 Å². The van der Waals surface area contributed by atoms with Crippen molar-refractivity contribution in [2.75, 3.05) is 40.0 Å². The van der Waals surface area contributed by atoms with Crippen LogP contribution >= 0.6 is 11.3 Å². The first-order valence-electron chi connectivity index (χ1n) is 8.20. The minimum absolute atomic E-state index is 0.466. The van der Waals surface area contributed by atoms with E-state index in [0.717, 1.165) is 42.8 Å². The fraction of sp³-hybridized carbons (Fsp3) is 0.750. The Morgan fingerprint density at radius 2 is 2.13 bits per heavy atom. The number of aliphatic imine (C=N–C) groups is 1. The zero-order valence-electron chi connectivity index (χ0n) is 14.7. The maximum Gasteiger partial charge on any atom is 0.191 e. The molecule has 0 aliphatic rings. The van der Waals surface area contributed by atoms with Crippen LogP contribution in [0.15, 0.2) is 10.4 Å². The summed E-state index contributed by atoms with van der Waals surface area (Å²) in [4.78, 5) is 9.19. The number of hydrogen-bond donors (Lipinski definition) is 2. The highest BCUT2D eigenvalue weighted by molar-refractivity contribution is 7.09. The van der Waals surface area contributed by atoms with E-state index < -0.39 is 0 Å². The van der Waals surface area contributed by atoms with Crippen molar-refractivity contribution in [3.05, 3.63) is 16.1 Å². The molecule has 1 aromatic rings. The molecule has 0 radical (unpaired) electrons. The van der Waals surface area contributed by atoms with Crippen LogP contribution in [0.3, 0.4) is 0 Å². The summed E-state index contributed by atoms with van der Waals surface area (Å²) >= 11 is 1.67. The summed E-state index contributed by atoms with van der Waals surface area (Å²) in [6.07, 6.45) is 0.933. The molecule has 0 atom stereocenters. The average Bonchev–Trinajstić information content (AvgIpc) is 3.01. The highest BCUT2D eigenvalue weighted by Gasteiger charge is 2.05. The second-order valence-electron chi connectivity index (χ2n) is 5.40. The van der Waals surface area contributed by atoms with Crippen LogP contribution in [0, 0.1) is 0 Å². The SMILES string of the molecule is CCNC(=NCc1nc(C(C)C)cs1)NCCCOCCOC. The van der Waals surface area contributed by atoms with E-state index in [4.69, 9.17) is 9.47 Å². The minimum atomic E-state index is 0.466. The van der Waals surface area contributed by atoms with Crippen LogP contribution in [-0.2, 0) is 16.0 Å². The largest absolute Gasteiger partial charge is 0.382 e. The molecule has 0 spiro atoms. The molecular weight excluding hydrogens is 312 g/mol. The highest BCUT2D eigenvalue weighted by Crippen LogP contribution is 2.18. The van der Waals surface area contributed by atoms with Crippen molar-refractivity contribution in [3.8, 4) is 0 Å². The number of ether oxygens (including phenoxy) is 2. The molecule has 0 bridgehead atoms. The van der Waals surface area contributed by atoms with E-state index in [1.54, 1.807) is 18.4 Å². The van der Waals surface area contributed by atoms with Gasteiger partial charge in [-0.25, -0.2) is 9.98 Å². The van der Waals surface area contributed by atoms with Crippen molar-refractivity contribution >= 4 is 17.3 Å². The number of methoxy groups -OCH3 is 1. The second-order valence-corrected chi connectivity index (χ2v) is 6.34. The molecule has 0 amide bonds. The van der Waals surface area contributed by atoms with Crippen LogP contribution in [0.25, 0.3) is 0 Å². The Kier molecular flexibility index (Phi) is 10.6. The van der Waals surface area contributed by atoms with E-state index in [9.17, 15) is 0 Å². The number of nitrogens with one attached hydrogen (secondary N) is 2. The first kappa shape index (κ1) is 19.9. The van der Waals surface area contributed by atoms with E-state index >= 15 is 0 Å². The fourth-order valence-corrected chi connectivity index (χ4v) is 2.66. The van der Waals surface area contributed by atoms with Crippen LogP contribution in [-0.4, -0.2) is 51.0 Å². The maximum atomic E-state index is 5.44. The average molecular weight is 343 g/mol. The first-order chi connectivity index (χ1) is 11.2. The molecule has 7 heteroatoms. The van der Waals surface area contributed by atoms with E-state index in [2.05, 4.69) is 46.8 Å². The third-order valence-corrected chi connectivity index (χ3v) is 3.92. The topological polar surface area (TPSA) is 67.8 Å². The van der Waals surface area contributed by atoms with Crippen molar-refractivity contribution < 1.29 is 9.47 Å². The van der Waals surface area contributed by atoms with Gasteiger partial charge in [-0.15, -0.1) is 11.3 Å². The van der Waals surface area contributed by atoms with Gasteiger partial charge in [-0.3, -0.25) is 0 Å². The van der Waals surface area contributed by atoms with Gasteiger partial charge in [0.15, 0.2) is 5.96 Å². The number of rotatable bonds is 11. The van der Waals surface area contributed by atoms with Gasteiger partial charge in [0.25, 0.3) is 0 Å². The number of aromatic nitrogens is 1. The molecule has 1 rings (SSSR count). The third-order valence-electron chi connectivity index (χ3n) is 3.07. The van der Waals surface area contributed by atoms with Crippen LogP contribution < -0.4 is 10.6 Å². The van der Waals surface area contributed by atoms with Crippen molar-refractivity contribution in [3.63, 3.8) is 0 Å². The molecule has 6 nitrogen and oxygen atoms in total. The van der Waals surface area contributed by atoms with Gasteiger partial charge in [-0.05, 0) is 19.3 Å². The van der Waals surface area contributed by atoms with E-state index in [1.807, 2.05) is 0 Å². The lowest BCUT2D eigenvalue weighted by atomic mass is 10.2. The molecule has 0 aliphatic heterocycles.